The van der Waals surface area contributed by atoms with Crippen molar-refractivity contribution < 1.29 is 9.32 Å². The molecule has 3 aromatic heterocycles. The quantitative estimate of drug-likeness (QED) is 0.344. The fourth-order valence-electron chi connectivity index (χ4n) is 2.88. The van der Waals surface area contributed by atoms with E-state index in [0.29, 0.717) is 39.0 Å². The molecule has 11 nitrogen and oxygen atoms in total. The number of carbonyl (C=O) groups excluding carboxylic acids is 1. The van der Waals surface area contributed by atoms with Crippen LogP contribution in [0.3, 0.4) is 0 Å². The number of H-pyrrole nitrogens is 2. The molecule has 4 aromatic rings. The van der Waals surface area contributed by atoms with Gasteiger partial charge in [-0.25, -0.2) is 4.79 Å². The molecule has 164 valence electrons. The summed E-state index contributed by atoms with van der Waals surface area (Å²) in [4.78, 5) is 40.2. The molecule has 1 amide bonds. The number of aryl methyl sites for hydroxylation is 1. The maximum Gasteiger partial charge on any atom is 0.325 e. The summed E-state index contributed by atoms with van der Waals surface area (Å²) < 4.78 is 6.66. The van der Waals surface area contributed by atoms with E-state index < -0.39 is 11.2 Å². The lowest BCUT2D eigenvalue weighted by Crippen LogP contribution is -2.23. The predicted octanol–water partition coefficient (Wildman–Crippen LogP) is 1.92. The van der Waals surface area contributed by atoms with Crippen LogP contribution in [-0.2, 0) is 11.2 Å². The zero-order chi connectivity index (χ0) is 22.7. The highest BCUT2D eigenvalue weighted by Gasteiger charge is 2.17. The second-order valence-corrected chi connectivity index (χ2v) is 8.04. The maximum absolute atomic E-state index is 12.3. The van der Waals surface area contributed by atoms with Gasteiger partial charge < -0.3 is 14.8 Å². The first-order chi connectivity index (χ1) is 15.4. The molecule has 0 fully saturated rings. The van der Waals surface area contributed by atoms with Gasteiger partial charge >= 0.3 is 5.69 Å². The van der Waals surface area contributed by atoms with Gasteiger partial charge in [0.2, 0.25) is 5.91 Å². The van der Waals surface area contributed by atoms with Crippen molar-refractivity contribution in [3.8, 4) is 5.69 Å². The number of carbonyl (C=O) groups is 1. The molecule has 3 heterocycles. The zero-order valence-corrected chi connectivity index (χ0v) is 18.2. The van der Waals surface area contributed by atoms with Crippen molar-refractivity contribution in [1.29, 1.82) is 0 Å². The third-order valence-corrected chi connectivity index (χ3v) is 5.36. The van der Waals surface area contributed by atoms with Crippen LogP contribution < -0.4 is 16.6 Å². The number of thioether (sulfide) groups is 1. The van der Waals surface area contributed by atoms with Crippen molar-refractivity contribution >= 4 is 35.1 Å². The number of aromatic nitrogens is 6. The Morgan fingerprint density at radius 3 is 2.66 bits per heavy atom. The first kappa shape index (κ1) is 21.6. The third kappa shape index (κ3) is 5.15. The molecule has 0 radical (unpaired) electrons. The molecule has 0 aliphatic carbocycles. The van der Waals surface area contributed by atoms with Gasteiger partial charge in [-0.15, -0.1) is 10.2 Å². The third-order valence-electron chi connectivity index (χ3n) is 4.18. The van der Waals surface area contributed by atoms with Crippen molar-refractivity contribution in [2.45, 2.75) is 18.5 Å². The number of benzene rings is 1. The average molecular weight is 474 g/mol. The monoisotopic (exact) mass is 473 g/mol. The summed E-state index contributed by atoms with van der Waals surface area (Å²) in [5.74, 6) is 1.11. The molecule has 13 heteroatoms. The Morgan fingerprint density at radius 2 is 1.97 bits per heavy atom. The van der Waals surface area contributed by atoms with Crippen LogP contribution in [0.4, 0.5) is 5.82 Å². The van der Waals surface area contributed by atoms with E-state index in [0.717, 1.165) is 11.8 Å². The summed E-state index contributed by atoms with van der Waals surface area (Å²) in [6, 6.07) is 9.87. The van der Waals surface area contributed by atoms with Gasteiger partial charge in [-0.2, -0.15) is 0 Å². The summed E-state index contributed by atoms with van der Waals surface area (Å²) in [6.07, 6.45) is 0.139. The van der Waals surface area contributed by atoms with E-state index in [2.05, 4.69) is 30.6 Å². The minimum atomic E-state index is -0.612. The SMILES string of the molecule is Cc1cc(NC(=O)CSc2nnc(Cc3cc(=O)[nH]c(=O)[nH]3)n2-c2ccc(Cl)cc2)no1. The molecule has 0 bridgehead atoms. The van der Waals surface area contributed by atoms with Gasteiger partial charge in [0.05, 0.1) is 5.75 Å². The first-order valence-electron chi connectivity index (χ1n) is 9.26. The lowest BCUT2D eigenvalue weighted by atomic mass is 10.2. The smallest absolute Gasteiger partial charge is 0.325 e. The molecule has 4 rings (SSSR count). The number of hydrogen-bond acceptors (Lipinski definition) is 8. The van der Waals surface area contributed by atoms with Gasteiger partial charge in [0.25, 0.3) is 5.56 Å². The minimum absolute atomic E-state index is 0.0411. The van der Waals surface area contributed by atoms with Crippen LogP contribution in [0.15, 0.2) is 55.7 Å². The molecule has 0 spiro atoms. The van der Waals surface area contributed by atoms with Crippen LogP contribution in [0.5, 0.6) is 0 Å². The number of anilines is 1. The topological polar surface area (TPSA) is 152 Å². The second-order valence-electron chi connectivity index (χ2n) is 6.66. The molecule has 0 saturated heterocycles. The Kier molecular flexibility index (Phi) is 6.23. The molecule has 0 aliphatic rings. The summed E-state index contributed by atoms with van der Waals surface area (Å²) in [5, 5.41) is 15.8. The Balaban J connectivity index is 1.60. The summed E-state index contributed by atoms with van der Waals surface area (Å²) >= 11 is 7.17. The van der Waals surface area contributed by atoms with Gasteiger partial charge in [-0.3, -0.25) is 19.1 Å². The van der Waals surface area contributed by atoms with Gasteiger partial charge in [0.15, 0.2) is 11.0 Å². The summed E-state index contributed by atoms with van der Waals surface area (Å²) in [5.41, 5.74) is -0.0521. The number of halogens is 1. The molecule has 32 heavy (non-hydrogen) atoms. The van der Waals surface area contributed by atoms with Crippen LogP contribution >= 0.6 is 23.4 Å². The van der Waals surface area contributed by atoms with E-state index in [1.807, 2.05) is 0 Å². The average Bonchev–Trinajstić information content (AvgIpc) is 3.32. The van der Waals surface area contributed by atoms with E-state index in [9.17, 15) is 14.4 Å². The van der Waals surface area contributed by atoms with E-state index >= 15 is 0 Å². The number of hydrogen-bond donors (Lipinski definition) is 3. The second kappa shape index (κ2) is 9.24. The highest BCUT2D eigenvalue weighted by Crippen LogP contribution is 2.24. The van der Waals surface area contributed by atoms with Crippen molar-refractivity contribution in [1.82, 2.24) is 29.9 Å². The van der Waals surface area contributed by atoms with Crippen molar-refractivity contribution in [3.63, 3.8) is 0 Å². The Morgan fingerprint density at radius 1 is 1.19 bits per heavy atom. The largest absolute Gasteiger partial charge is 0.360 e. The van der Waals surface area contributed by atoms with Gasteiger partial charge in [-0.1, -0.05) is 28.5 Å². The summed E-state index contributed by atoms with van der Waals surface area (Å²) in [7, 11) is 0. The van der Waals surface area contributed by atoms with Crippen LogP contribution in [0.25, 0.3) is 5.69 Å². The Hall–Kier alpha value is -3.64. The molecule has 3 N–H and O–H groups in total. The van der Waals surface area contributed by atoms with E-state index in [1.165, 1.54) is 6.07 Å². The molecular formula is C19H16ClN7O4S. The number of aromatic amines is 2. The van der Waals surface area contributed by atoms with Crippen LogP contribution in [0, 0.1) is 6.92 Å². The fourth-order valence-corrected chi connectivity index (χ4v) is 3.77. The standard InChI is InChI=1S/C19H16ClN7O4S/c1-10-6-14(26-31-10)22-17(29)9-32-19-25-24-15(7-12-8-16(28)23-18(30)21-12)27(19)13-4-2-11(20)3-5-13/h2-6,8H,7,9H2,1H3,(H,22,26,29)(H2,21,23,28,30). The molecule has 0 unspecified atom stereocenters. The van der Waals surface area contributed by atoms with Gasteiger partial charge in [-0.05, 0) is 31.2 Å². The van der Waals surface area contributed by atoms with Crippen LogP contribution in [-0.4, -0.2) is 41.5 Å². The number of nitrogens with zero attached hydrogens (tertiary/aromatic N) is 4. The molecule has 0 aliphatic heterocycles. The van der Waals surface area contributed by atoms with Gasteiger partial charge in [0.1, 0.15) is 11.6 Å². The van der Waals surface area contributed by atoms with Crippen LogP contribution in [0.2, 0.25) is 5.02 Å². The maximum atomic E-state index is 12.3. The number of amides is 1. The molecule has 0 saturated carbocycles. The summed E-state index contributed by atoms with van der Waals surface area (Å²) in [6.45, 7) is 1.72. The predicted molar refractivity (Wildman–Crippen MR) is 117 cm³/mol. The Labute approximate surface area is 189 Å². The molecule has 0 atom stereocenters. The minimum Gasteiger partial charge on any atom is -0.360 e. The molecular weight excluding hydrogens is 458 g/mol. The van der Waals surface area contributed by atoms with Gasteiger partial charge in [0, 0.05) is 35.0 Å². The lowest BCUT2D eigenvalue weighted by molar-refractivity contribution is -0.113. The zero-order valence-electron chi connectivity index (χ0n) is 16.6. The van der Waals surface area contributed by atoms with Crippen molar-refractivity contribution in [2.24, 2.45) is 0 Å². The van der Waals surface area contributed by atoms with Crippen LogP contribution in [0.1, 0.15) is 17.3 Å². The van der Waals surface area contributed by atoms with E-state index in [1.54, 1.807) is 41.8 Å². The normalized spacial score (nSPS) is 10.9. The van der Waals surface area contributed by atoms with E-state index in [4.69, 9.17) is 16.1 Å². The van der Waals surface area contributed by atoms with Crippen molar-refractivity contribution in [3.05, 3.63) is 79.5 Å². The highest BCUT2D eigenvalue weighted by atomic mass is 35.5. The highest BCUT2D eigenvalue weighted by molar-refractivity contribution is 7.99. The lowest BCUT2D eigenvalue weighted by Gasteiger charge is -2.10. The fraction of sp³-hybridized carbons (Fsp3) is 0.158. The Bertz CT molecular complexity index is 1350. The number of nitrogens with one attached hydrogen (secondary N) is 3. The number of rotatable bonds is 7. The van der Waals surface area contributed by atoms with Crippen molar-refractivity contribution in [2.75, 3.05) is 11.1 Å². The first-order valence-corrected chi connectivity index (χ1v) is 10.6. The molecule has 1 aromatic carbocycles. The van der Waals surface area contributed by atoms with E-state index in [-0.39, 0.29) is 18.1 Å².